The van der Waals surface area contributed by atoms with Gasteiger partial charge in [-0.05, 0) is 23.6 Å². The summed E-state index contributed by atoms with van der Waals surface area (Å²) in [6, 6.07) is 12.6. The van der Waals surface area contributed by atoms with Crippen molar-refractivity contribution < 1.29 is 4.74 Å². The zero-order valence-electron chi connectivity index (χ0n) is 12.6. The summed E-state index contributed by atoms with van der Waals surface area (Å²) < 4.78 is 6.06. The normalized spacial score (nSPS) is 19.6. The highest BCUT2D eigenvalue weighted by Gasteiger charge is 2.24. The van der Waals surface area contributed by atoms with Crippen LogP contribution in [0.4, 0.5) is 5.69 Å². The van der Waals surface area contributed by atoms with Crippen LogP contribution in [0.5, 0.6) is 0 Å². The Labute approximate surface area is 131 Å². The number of anilines is 1. The first-order valence-corrected chi connectivity index (χ1v) is 7.94. The van der Waals surface area contributed by atoms with Gasteiger partial charge in [0.1, 0.15) is 0 Å². The highest BCUT2D eigenvalue weighted by Crippen LogP contribution is 2.26. The minimum absolute atomic E-state index is 0.309. The van der Waals surface area contributed by atoms with Crippen LogP contribution in [0.1, 0.15) is 23.2 Å². The van der Waals surface area contributed by atoms with E-state index in [0.29, 0.717) is 12.7 Å². The van der Waals surface area contributed by atoms with Crippen LogP contribution in [0.25, 0.3) is 6.08 Å². The number of nitrogens with zero attached hydrogens (tertiary/aromatic N) is 2. The number of aromatic nitrogens is 1. The Morgan fingerprint density at radius 3 is 3.05 bits per heavy atom. The molecule has 1 aliphatic heterocycles. The summed E-state index contributed by atoms with van der Waals surface area (Å²) in [5.74, 6) is 0. The Kier molecular flexibility index (Phi) is 3.65. The minimum Gasteiger partial charge on any atom is -0.372 e. The summed E-state index contributed by atoms with van der Waals surface area (Å²) >= 11 is 0. The SMILES string of the molecule is C1=Cc2cc(N3CCC(OCc4ccccc4)C3)cnc2C1. The van der Waals surface area contributed by atoms with Gasteiger partial charge in [-0.15, -0.1) is 0 Å². The van der Waals surface area contributed by atoms with Crippen molar-refractivity contribution in [2.45, 2.75) is 25.6 Å². The summed E-state index contributed by atoms with van der Waals surface area (Å²) in [5, 5.41) is 0. The van der Waals surface area contributed by atoms with Crippen LogP contribution in [0.3, 0.4) is 0 Å². The molecule has 0 bridgehead atoms. The first-order chi connectivity index (χ1) is 10.9. The van der Waals surface area contributed by atoms with Crippen molar-refractivity contribution in [3.05, 3.63) is 65.5 Å². The monoisotopic (exact) mass is 292 g/mol. The molecule has 2 aliphatic rings. The molecule has 0 amide bonds. The standard InChI is InChI=1S/C19H20N2O/c1-2-5-15(6-3-1)14-22-18-9-10-21(13-18)17-11-16-7-4-8-19(16)20-12-17/h1-7,11-12,18H,8-10,13-14H2. The average molecular weight is 292 g/mol. The molecular formula is C19H20N2O. The summed E-state index contributed by atoms with van der Waals surface area (Å²) in [6.45, 7) is 2.70. The molecule has 0 saturated carbocycles. The van der Waals surface area contributed by atoms with Crippen LogP contribution < -0.4 is 4.90 Å². The summed E-state index contributed by atoms with van der Waals surface area (Å²) in [4.78, 5) is 6.96. The molecule has 3 nitrogen and oxygen atoms in total. The zero-order valence-corrected chi connectivity index (χ0v) is 12.6. The van der Waals surface area contributed by atoms with E-state index in [9.17, 15) is 0 Å². The Bertz CT molecular complexity index is 681. The molecule has 1 fully saturated rings. The van der Waals surface area contributed by atoms with Crippen molar-refractivity contribution in [2.24, 2.45) is 0 Å². The molecule has 0 spiro atoms. The summed E-state index contributed by atoms with van der Waals surface area (Å²) in [6.07, 6.45) is 8.72. The molecule has 0 N–H and O–H groups in total. The average Bonchev–Trinajstić information content (AvgIpc) is 3.22. The number of hydrogen-bond donors (Lipinski definition) is 0. The maximum absolute atomic E-state index is 6.06. The van der Waals surface area contributed by atoms with E-state index in [2.05, 4.69) is 52.4 Å². The maximum Gasteiger partial charge on any atom is 0.0771 e. The highest BCUT2D eigenvalue weighted by atomic mass is 16.5. The van der Waals surface area contributed by atoms with E-state index in [1.807, 2.05) is 12.3 Å². The lowest BCUT2D eigenvalue weighted by molar-refractivity contribution is 0.0553. The predicted molar refractivity (Wildman–Crippen MR) is 88.8 cm³/mol. The largest absolute Gasteiger partial charge is 0.372 e. The van der Waals surface area contributed by atoms with Crippen molar-refractivity contribution >= 4 is 11.8 Å². The van der Waals surface area contributed by atoms with Crippen molar-refractivity contribution in [2.75, 3.05) is 18.0 Å². The molecule has 1 aliphatic carbocycles. The molecule has 1 saturated heterocycles. The number of benzene rings is 1. The second-order valence-corrected chi connectivity index (χ2v) is 5.99. The van der Waals surface area contributed by atoms with Crippen molar-refractivity contribution in [1.82, 2.24) is 4.98 Å². The molecule has 1 aromatic carbocycles. The third-order valence-electron chi connectivity index (χ3n) is 4.44. The molecule has 1 atom stereocenters. The van der Waals surface area contributed by atoms with E-state index in [0.717, 1.165) is 25.9 Å². The Morgan fingerprint density at radius 1 is 1.23 bits per heavy atom. The Hall–Kier alpha value is -2.13. The molecule has 22 heavy (non-hydrogen) atoms. The van der Waals surface area contributed by atoms with Gasteiger partial charge in [0.05, 0.1) is 30.3 Å². The molecule has 112 valence electrons. The van der Waals surface area contributed by atoms with Crippen molar-refractivity contribution in [3.8, 4) is 0 Å². The summed E-state index contributed by atoms with van der Waals surface area (Å²) in [7, 11) is 0. The molecule has 2 aromatic rings. The zero-order chi connectivity index (χ0) is 14.8. The smallest absolute Gasteiger partial charge is 0.0771 e. The number of ether oxygens (including phenoxy) is 1. The van der Waals surface area contributed by atoms with E-state index < -0.39 is 0 Å². The first-order valence-electron chi connectivity index (χ1n) is 7.94. The lowest BCUT2D eigenvalue weighted by atomic mass is 10.2. The van der Waals surface area contributed by atoms with Crippen LogP contribution in [-0.4, -0.2) is 24.2 Å². The van der Waals surface area contributed by atoms with Crippen LogP contribution in [0.15, 0.2) is 48.7 Å². The Morgan fingerprint density at radius 2 is 2.14 bits per heavy atom. The van der Waals surface area contributed by atoms with Crippen molar-refractivity contribution in [3.63, 3.8) is 0 Å². The number of allylic oxidation sites excluding steroid dienone is 1. The number of hydrogen-bond acceptors (Lipinski definition) is 3. The van der Waals surface area contributed by atoms with E-state index in [4.69, 9.17) is 4.74 Å². The van der Waals surface area contributed by atoms with Gasteiger partial charge in [-0.25, -0.2) is 0 Å². The predicted octanol–water partition coefficient (Wildman–Crippen LogP) is 3.45. The van der Waals surface area contributed by atoms with Gasteiger partial charge in [-0.1, -0.05) is 42.5 Å². The van der Waals surface area contributed by atoms with E-state index in [1.165, 1.54) is 22.5 Å². The molecule has 3 heteroatoms. The number of fused-ring (bicyclic) bond motifs is 1. The van der Waals surface area contributed by atoms with Gasteiger partial charge in [0.2, 0.25) is 0 Å². The lowest BCUT2D eigenvalue weighted by Crippen LogP contribution is -2.23. The summed E-state index contributed by atoms with van der Waals surface area (Å²) in [5.41, 5.74) is 4.92. The number of pyridine rings is 1. The van der Waals surface area contributed by atoms with Gasteiger partial charge < -0.3 is 9.64 Å². The quantitative estimate of drug-likeness (QED) is 0.863. The van der Waals surface area contributed by atoms with Gasteiger partial charge in [-0.3, -0.25) is 4.98 Å². The maximum atomic E-state index is 6.06. The fraction of sp³-hybridized carbons (Fsp3) is 0.316. The van der Waals surface area contributed by atoms with Gasteiger partial charge in [0.15, 0.2) is 0 Å². The highest BCUT2D eigenvalue weighted by molar-refractivity contribution is 5.63. The molecular weight excluding hydrogens is 272 g/mol. The fourth-order valence-electron chi connectivity index (χ4n) is 3.17. The molecule has 1 aromatic heterocycles. The second kappa shape index (κ2) is 5.93. The van der Waals surface area contributed by atoms with Crippen LogP contribution in [0.2, 0.25) is 0 Å². The van der Waals surface area contributed by atoms with Gasteiger partial charge >= 0.3 is 0 Å². The third-order valence-corrected chi connectivity index (χ3v) is 4.44. The first kappa shape index (κ1) is 13.5. The molecule has 2 heterocycles. The van der Waals surface area contributed by atoms with Crippen LogP contribution in [0, 0.1) is 0 Å². The topological polar surface area (TPSA) is 25.4 Å². The molecule has 0 radical (unpaired) electrons. The minimum atomic E-state index is 0.309. The lowest BCUT2D eigenvalue weighted by Gasteiger charge is -2.19. The second-order valence-electron chi connectivity index (χ2n) is 5.99. The van der Waals surface area contributed by atoms with Crippen LogP contribution in [-0.2, 0) is 17.8 Å². The number of rotatable bonds is 4. The Balaban J connectivity index is 1.37. The van der Waals surface area contributed by atoms with E-state index >= 15 is 0 Å². The van der Waals surface area contributed by atoms with Crippen molar-refractivity contribution in [1.29, 1.82) is 0 Å². The molecule has 4 rings (SSSR count). The van der Waals surface area contributed by atoms with Crippen LogP contribution >= 0.6 is 0 Å². The fourth-order valence-corrected chi connectivity index (χ4v) is 3.17. The molecule has 1 unspecified atom stereocenters. The van der Waals surface area contributed by atoms with Gasteiger partial charge in [0, 0.05) is 19.5 Å². The van der Waals surface area contributed by atoms with E-state index in [-0.39, 0.29) is 0 Å². The van der Waals surface area contributed by atoms with E-state index in [1.54, 1.807) is 0 Å². The van der Waals surface area contributed by atoms with Gasteiger partial charge in [-0.2, -0.15) is 0 Å². The van der Waals surface area contributed by atoms with Gasteiger partial charge in [0.25, 0.3) is 0 Å². The third kappa shape index (κ3) is 2.77.